The van der Waals surface area contributed by atoms with Crippen molar-refractivity contribution in [3.05, 3.63) is 51.8 Å². The normalized spacial score (nSPS) is 11.0. The monoisotopic (exact) mass is 413 g/mol. The standard InChI is InChI=1S/C17H15N7O2S2/c1-2-14-21-22-16(28-14)19-13(26)9-27-17-20-15(10-6-4-3-5-7-10)18-11-8-12(25)23-24(11)17/h3-8H,2,9H2,1H3,(H,23,25)(H,19,22,26). The molecule has 0 radical (unpaired) electrons. The number of hydrogen-bond acceptors (Lipinski definition) is 8. The van der Waals surface area contributed by atoms with Gasteiger partial charge in [-0.3, -0.25) is 20.0 Å². The van der Waals surface area contributed by atoms with Crippen LogP contribution >= 0.6 is 23.1 Å². The molecule has 0 spiro atoms. The van der Waals surface area contributed by atoms with Crippen molar-refractivity contribution in [2.24, 2.45) is 0 Å². The average molecular weight is 413 g/mol. The molecule has 4 aromatic rings. The first-order chi connectivity index (χ1) is 13.6. The third kappa shape index (κ3) is 3.94. The van der Waals surface area contributed by atoms with Gasteiger partial charge in [-0.15, -0.1) is 10.2 Å². The van der Waals surface area contributed by atoms with Crippen molar-refractivity contribution in [1.82, 2.24) is 29.8 Å². The number of anilines is 1. The molecule has 0 unspecified atom stereocenters. The zero-order valence-electron chi connectivity index (χ0n) is 14.7. The molecular formula is C17H15N7O2S2. The lowest BCUT2D eigenvalue weighted by Gasteiger charge is -2.07. The second-order valence-corrected chi connectivity index (χ2v) is 7.71. The summed E-state index contributed by atoms with van der Waals surface area (Å²) in [6.07, 6.45) is 0.768. The van der Waals surface area contributed by atoms with E-state index in [2.05, 4.69) is 30.6 Å². The van der Waals surface area contributed by atoms with E-state index in [1.54, 1.807) is 0 Å². The lowest BCUT2D eigenvalue weighted by Crippen LogP contribution is -2.15. The van der Waals surface area contributed by atoms with E-state index in [0.29, 0.717) is 21.8 Å². The fourth-order valence-electron chi connectivity index (χ4n) is 2.43. The van der Waals surface area contributed by atoms with E-state index in [9.17, 15) is 9.59 Å². The summed E-state index contributed by atoms with van der Waals surface area (Å²) in [4.78, 5) is 33.0. The quantitative estimate of drug-likeness (QED) is 0.465. The molecule has 1 aromatic carbocycles. The van der Waals surface area contributed by atoms with Gasteiger partial charge in [0, 0.05) is 11.6 Å². The number of rotatable bonds is 6. The molecule has 11 heteroatoms. The van der Waals surface area contributed by atoms with Crippen molar-refractivity contribution in [1.29, 1.82) is 0 Å². The summed E-state index contributed by atoms with van der Waals surface area (Å²) in [6.45, 7) is 1.98. The Labute approximate surface area is 167 Å². The molecule has 0 saturated heterocycles. The van der Waals surface area contributed by atoms with Crippen molar-refractivity contribution in [3.8, 4) is 11.4 Å². The summed E-state index contributed by atoms with van der Waals surface area (Å²) in [5.74, 6) is 0.354. The van der Waals surface area contributed by atoms with Gasteiger partial charge in [0.1, 0.15) is 5.01 Å². The number of nitrogens with one attached hydrogen (secondary N) is 2. The number of H-pyrrole nitrogens is 1. The summed E-state index contributed by atoms with van der Waals surface area (Å²) in [5.41, 5.74) is 0.983. The molecule has 0 aliphatic rings. The van der Waals surface area contributed by atoms with Gasteiger partial charge in [-0.25, -0.2) is 14.5 Å². The van der Waals surface area contributed by atoms with Crippen LogP contribution in [0.15, 0.2) is 46.3 Å². The molecule has 0 saturated carbocycles. The fourth-order valence-corrected chi connectivity index (χ4v) is 3.88. The van der Waals surface area contributed by atoms with Crippen LogP contribution in [0.5, 0.6) is 0 Å². The summed E-state index contributed by atoms with van der Waals surface area (Å²) >= 11 is 2.54. The smallest absolute Gasteiger partial charge is 0.266 e. The zero-order chi connectivity index (χ0) is 19.5. The van der Waals surface area contributed by atoms with E-state index in [4.69, 9.17) is 0 Å². The van der Waals surface area contributed by atoms with E-state index >= 15 is 0 Å². The highest BCUT2D eigenvalue weighted by Crippen LogP contribution is 2.22. The minimum atomic E-state index is -0.285. The number of nitrogens with zero attached hydrogens (tertiary/aromatic N) is 5. The summed E-state index contributed by atoms with van der Waals surface area (Å²) < 4.78 is 1.48. The highest BCUT2D eigenvalue weighted by atomic mass is 32.2. The Bertz CT molecular complexity index is 1180. The van der Waals surface area contributed by atoms with Crippen LogP contribution in [0.2, 0.25) is 0 Å². The number of amides is 1. The van der Waals surface area contributed by atoms with Crippen molar-refractivity contribution >= 4 is 39.8 Å². The number of aromatic nitrogens is 6. The number of hydrogen-bond donors (Lipinski definition) is 2. The Kier molecular flexibility index (Phi) is 5.17. The van der Waals surface area contributed by atoms with E-state index in [-0.39, 0.29) is 17.2 Å². The van der Waals surface area contributed by atoms with Crippen LogP contribution in [-0.4, -0.2) is 41.4 Å². The van der Waals surface area contributed by atoms with Crippen LogP contribution in [0.25, 0.3) is 17.0 Å². The first-order valence-electron chi connectivity index (χ1n) is 8.42. The van der Waals surface area contributed by atoms with Gasteiger partial charge >= 0.3 is 0 Å². The molecule has 0 atom stereocenters. The first-order valence-corrected chi connectivity index (χ1v) is 10.2. The van der Waals surface area contributed by atoms with Crippen LogP contribution in [0.1, 0.15) is 11.9 Å². The maximum Gasteiger partial charge on any atom is 0.266 e. The number of thioether (sulfide) groups is 1. The predicted octanol–water partition coefficient (Wildman–Crippen LogP) is 2.23. The van der Waals surface area contributed by atoms with Crippen LogP contribution in [-0.2, 0) is 11.2 Å². The Morgan fingerprint density at radius 3 is 2.82 bits per heavy atom. The van der Waals surface area contributed by atoms with Crippen LogP contribution < -0.4 is 10.9 Å². The first kappa shape index (κ1) is 18.3. The maximum absolute atomic E-state index is 12.3. The van der Waals surface area contributed by atoms with Gasteiger partial charge in [-0.05, 0) is 6.42 Å². The number of carbonyl (C=O) groups excluding carboxylic acids is 1. The molecule has 2 N–H and O–H groups in total. The van der Waals surface area contributed by atoms with Crippen LogP contribution in [0.4, 0.5) is 5.13 Å². The highest BCUT2D eigenvalue weighted by Gasteiger charge is 2.14. The molecule has 0 aliphatic carbocycles. The Morgan fingerprint density at radius 2 is 2.07 bits per heavy atom. The third-order valence-corrected chi connectivity index (χ3v) is 5.63. The van der Waals surface area contributed by atoms with E-state index in [1.807, 2.05) is 37.3 Å². The molecular weight excluding hydrogens is 398 g/mol. The van der Waals surface area contributed by atoms with E-state index < -0.39 is 0 Å². The van der Waals surface area contributed by atoms with E-state index in [0.717, 1.165) is 17.0 Å². The molecule has 0 fully saturated rings. The number of aromatic amines is 1. The van der Waals surface area contributed by atoms with Crippen molar-refractivity contribution < 1.29 is 4.79 Å². The number of fused-ring (bicyclic) bond motifs is 1. The minimum absolute atomic E-state index is 0.0988. The Morgan fingerprint density at radius 1 is 1.25 bits per heavy atom. The van der Waals surface area contributed by atoms with Gasteiger partial charge in [0.2, 0.25) is 11.0 Å². The Balaban J connectivity index is 1.57. The van der Waals surface area contributed by atoms with Gasteiger partial charge in [0.15, 0.2) is 16.6 Å². The molecule has 0 aliphatic heterocycles. The lowest BCUT2D eigenvalue weighted by atomic mass is 10.2. The second kappa shape index (κ2) is 7.90. The lowest BCUT2D eigenvalue weighted by molar-refractivity contribution is -0.113. The maximum atomic E-state index is 12.3. The highest BCUT2D eigenvalue weighted by molar-refractivity contribution is 7.99. The van der Waals surface area contributed by atoms with Gasteiger partial charge in [0.25, 0.3) is 5.56 Å². The van der Waals surface area contributed by atoms with Gasteiger partial charge in [0.05, 0.1) is 5.75 Å². The summed E-state index contributed by atoms with van der Waals surface area (Å²) in [5, 5.41) is 15.1. The largest absolute Gasteiger partial charge is 0.300 e. The third-order valence-electron chi connectivity index (χ3n) is 3.70. The minimum Gasteiger partial charge on any atom is -0.300 e. The number of benzene rings is 1. The fraction of sp³-hybridized carbons (Fsp3) is 0.176. The molecule has 1 amide bonds. The van der Waals surface area contributed by atoms with Gasteiger partial charge < -0.3 is 0 Å². The topological polar surface area (TPSA) is 118 Å². The van der Waals surface area contributed by atoms with Gasteiger partial charge in [-0.2, -0.15) is 0 Å². The van der Waals surface area contributed by atoms with Crippen LogP contribution in [0.3, 0.4) is 0 Å². The van der Waals surface area contributed by atoms with Gasteiger partial charge in [-0.1, -0.05) is 60.4 Å². The van der Waals surface area contributed by atoms with Crippen molar-refractivity contribution in [2.75, 3.05) is 11.1 Å². The van der Waals surface area contributed by atoms with Crippen LogP contribution in [0, 0.1) is 0 Å². The van der Waals surface area contributed by atoms with Crippen molar-refractivity contribution in [3.63, 3.8) is 0 Å². The Hall–Kier alpha value is -3.05. The molecule has 4 rings (SSSR count). The van der Waals surface area contributed by atoms with Crippen molar-refractivity contribution in [2.45, 2.75) is 18.5 Å². The molecule has 142 valence electrons. The predicted molar refractivity (Wildman–Crippen MR) is 108 cm³/mol. The van der Waals surface area contributed by atoms with E-state index in [1.165, 1.54) is 33.7 Å². The molecule has 28 heavy (non-hydrogen) atoms. The number of carbonyl (C=O) groups is 1. The summed E-state index contributed by atoms with van der Waals surface area (Å²) in [6, 6.07) is 10.8. The summed E-state index contributed by atoms with van der Waals surface area (Å²) in [7, 11) is 0. The molecule has 0 bridgehead atoms. The second-order valence-electron chi connectivity index (χ2n) is 5.70. The molecule has 9 nitrogen and oxygen atoms in total. The molecule has 3 aromatic heterocycles. The average Bonchev–Trinajstić information content (AvgIpc) is 3.31. The SMILES string of the molecule is CCc1nnc(NC(=O)CSc2nc(-c3ccccc3)nc3cc(=O)[nH]n23)s1. The zero-order valence-corrected chi connectivity index (χ0v) is 16.4. The number of aryl methyl sites for hydroxylation is 1. The molecule has 3 heterocycles.